The van der Waals surface area contributed by atoms with Crippen molar-refractivity contribution in [2.45, 2.75) is 27.3 Å². The number of hydrogen-bond acceptors (Lipinski definition) is 3. The van der Waals surface area contributed by atoms with Crippen molar-refractivity contribution in [3.05, 3.63) is 81.6 Å². The van der Waals surface area contributed by atoms with E-state index in [0.717, 1.165) is 16.9 Å². The zero-order valence-corrected chi connectivity index (χ0v) is 18.0. The normalized spacial score (nSPS) is 10.8. The number of halogens is 1. The lowest BCUT2D eigenvalue weighted by Gasteiger charge is -2.17. The molecule has 1 heterocycles. The van der Waals surface area contributed by atoms with Crippen LogP contribution < -0.4 is 4.74 Å². The Balaban J connectivity index is 1.65. The molecule has 0 aliphatic carbocycles. The average Bonchev–Trinajstić information content (AvgIpc) is 2.96. The van der Waals surface area contributed by atoms with Crippen molar-refractivity contribution in [1.29, 1.82) is 0 Å². The van der Waals surface area contributed by atoms with Crippen molar-refractivity contribution in [3.63, 3.8) is 0 Å². The molecule has 0 spiro atoms. The first-order valence-electron chi connectivity index (χ1n) is 9.58. The highest BCUT2D eigenvalue weighted by Crippen LogP contribution is 2.22. The number of carbonyl (C=O) groups is 1. The fourth-order valence-corrected chi connectivity index (χ4v) is 3.38. The minimum absolute atomic E-state index is 0.157. The van der Waals surface area contributed by atoms with Crippen LogP contribution in [-0.4, -0.2) is 40.8 Å². The molecule has 3 rings (SSSR count). The maximum Gasteiger partial charge on any atom is 0.258 e. The molecule has 0 N–H and O–H groups in total. The Bertz CT molecular complexity index is 996. The summed E-state index contributed by atoms with van der Waals surface area (Å²) in [6, 6.07) is 16.0. The summed E-state index contributed by atoms with van der Waals surface area (Å²) in [5.41, 5.74) is 4.48. The van der Waals surface area contributed by atoms with E-state index in [2.05, 4.69) is 5.10 Å². The van der Waals surface area contributed by atoms with Crippen LogP contribution in [0.5, 0.6) is 5.75 Å². The summed E-state index contributed by atoms with van der Waals surface area (Å²) in [5, 5.41) is 4.84. The number of carbonyl (C=O) groups excluding carboxylic acids is 1. The molecule has 6 heteroatoms. The van der Waals surface area contributed by atoms with E-state index in [0.29, 0.717) is 36.1 Å². The van der Waals surface area contributed by atoms with Crippen LogP contribution in [0.15, 0.2) is 48.5 Å². The number of aromatic nitrogens is 2. The molecule has 1 aromatic heterocycles. The summed E-state index contributed by atoms with van der Waals surface area (Å²) in [6.45, 7) is 7.24. The van der Waals surface area contributed by atoms with Crippen LogP contribution in [0.3, 0.4) is 0 Å². The lowest BCUT2D eigenvalue weighted by Crippen LogP contribution is -2.31. The van der Waals surface area contributed by atoms with Gasteiger partial charge in [0, 0.05) is 7.05 Å². The van der Waals surface area contributed by atoms with E-state index >= 15 is 0 Å². The Kier molecular flexibility index (Phi) is 6.60. The van der Waals surface area contributed by atoms with Gasteiger partial charge in [0.2, 0.25) is 0 Å². The van der Waals surface area contributed by atoms with Gasteiger partial charge in [0.15, 0.2) is 0 Å². The zero-order valence-electron chi connectivity index (χ0n) is 17.3. The van der Waals surface area contributed by atoms with Gasteiger partial charge in [0.1, 0.15) is 17.5 Å². The quantitative estimate of drug-likeness (QED) is 0.568. The van der Waals surface area contributed by atoms with E-state index in [1.165, 1.54) is 5.56 Å². The molecule has 0 aliphatic rings. The summed E-state index contributed by atoms with van der Waals surface area (Å²) >= 11 is 6.52. The highest BCUT2D eigenvalue weighted by molar-refractivity contribution is 6.33. The molecule has 2 aromatic carbocycles. The molecule has 0 bridgehead atoms. The summed E-state index contributed by atoms with van der Waals surface area (Å²) in [6.07, 6.45) is 0. The van der Waals surface area contributed by atoms with E-state index in [1.54, 1.807) is 16.6 Å². The van der Waals surface area contributed by atoms with Crippen LogP contribution in [0.4, 0.5) is 0 Å². The number of rotatable bonds is 7. The van der Waals surface area contributed by atoms with Crippen molar-refractivity contribution in [2.75, 3.05) is 20.2 Å². The molecule has 29 heavy (non-hydrogen) atoms. The van der Waals surface area contributed by atoms with Gasteiger partial charge in [-0.1, -0.05) is 53.6 Å². The molecule has 152 valence electrons. The smallest absolute Gasteiger partial charge is 0.258 e. The minimum Gasteiger partial charge on any atom is -0.492 e. The standard InChI is InChI=1S/C23H26ClN3O2/c1-16-8-10-19(11-9-16)15-27-22(24)21(18(3)25-27)23(28)26(4)12-13-29-20-7-5-6-17(2)14-20/h5-11,14H,12-13,15H2,1-4H3. The molecule has 0 atom stereocenters. The second kappa shape index (κ2) is 9.14. The average molecular weight is 412 g/mol. The number of amides is 1. The molecule has 0 fully saturated rings. The maximum atomic E-state index is 12.9. The molecule has 0 radical (unpaired) electrons. The highest BCUT2D eigenvalue weighted by atomic mass is 35.5. The van der Waals surface area contributed by atoms with Gasteiger partial charge in [-0.25, -0.2) is 4.68 Å². The van der Waals surface area contributed by atoms with Crippen molar-refractivity contribution in [2.24, 2.45) is 0 Å². The molecule has 0 unspecified atom stereocenters. The molecule has 1 amide bonds. The number of ether oxygens (including phenoxy) is 1. The second-order valence-corrected chi connectivity index (χ2v) is 7.64. The van der Waals surface area contributed by atoms with Crippen LogP contribution in [0.1, 0.15) is 32.7 Å². The van der Waals surface area contributed by atoms with Crippen LogP contribution in [0.25, 0.3) is 0 Å². The van der Waals surface area contributed by atoms with Crippen LogP contribution in [0, 0.1) is 20.8 Å². The Morgan fingerprint density at radius 1 is 1.10 bits per heavy atom. The molecule has 5 nitrogen and oxygen atoms in total. The van der Waals surface area contributed by atoms with Crippen molar-refractivity contribution in [1.82, 2.24) is 14.7 Å². The molecular weight excluding hydrogens is 386 g/mol. The lowest BCUT2D eigenvalue weighted by molar-refractivity contribution is 0.0773. The van der Waals surface area contributed by atoms with Crippen LogP contribution >= 0.6 is 11.6 Å². The summed E-state index contributed by atoms with van der Waals surface area (Å²) in [7, 11) is 1.75. The Hall–Kier alpha value is -2.79. The number of aryl methyl sites for hydroxylation is 3. The van der Waals surface area contributed by atoms with Gasteiger partial charge in [0.05, 0.1) is 24.3 Å². The van der Waals surface area contributed by atoms with Gasteiger partial charge in [-0.05, 0) is 44.0 Å². The topological polar surface area (TPSA) is 47.4 Å². The minimum atomic E-state index is -0.157. The van der Waals surface area contributed by atoms with E-state index in [1.807, 2.05) is 69.3 Å². The SMILES string of the molecule is Cc1ccc(Cn2nc(C)c(C(=O)N(C)CCOc3cccc(C)c3)c2Cl)cc1. The van der Waals surface area contributed by atoms with E-state index in [-0.39, 0.29) is 5.91 Å². The predicted octanol–water partition coefficient (Wildman–Crippen LogP) is 4.66. The molecule has 0 aliphatic heterocycles. The summed E-state index contributed by atoms with van der Waals surface area (Å²) in [4.78, 5) is 14.5. The van der Waals surface area contributed by atoms with Gasteiger partial charge in [-0.3, -0.25) is 4.79 Å². The first-order valence-corrected chi connectivity index (χ1v) is 9.96. The maximum absolute atomic E-state index is 12.9. The first-order chi connectivity index (χ1) is 13.8. The van der Waals surface area contributed by atoms with Gasteiger partial charge in [-0.2, -0.15) is 5.10 Å². The summed E-state index contributed by atoms with van der Waals surface area (Å²) < 4.78 is 7.42. The summed E-state index contributed by atoms with van der Waals surface area (Å²) in [5.74, 6) is 0.640. The largest absolute Gasteiger partial charge is 0.492 e. The third-order valence-electron chi connectivity index (χ3n) is 4.76. The first kappa shape index (κ1) is 20.9. The fourth-order valence-electron chi connectivity index (χ4n) is 3.07. The van der Waals surface area contributed by atoms with Crippen molar-refractivity contribution >= 4 is 17.5 Å². The third-order valence-corrected chi connectivity index (χ3v) is 5.15. The van der Waals surface area contributed by atoms with Crippen molar-refractivity contribution < 1.29 is 9.53 Å². The van der Waals surface area contributed by atoms with Crippen molar-refractivity contribution in [3.8, 4) is 5.75 Å². The van der Waals surface area contributed by atoms with Crippen LogP contribution in [-0.2, 0) is 6.54 Å². The monoisotopic (exact) mass is 411 g/mol. The molecule has 0 saturated carbocycles. The highest BCUT2D eigenvalue weighted by Gasteiger charge is 2.23. The third kappa shape index (κ3) is 5.18. The predicted molar refractivity (Wildman–Crippen MR) is 116 cm³/mol. The Labute approximate surface area is 176 Å². The molecule has 0 saturated heterocycles. The number of benzene rings is 2. The van der Waals surface area contributed by atoms with E-state index in [4.69, 9.17) is 16.3 Å². The fraction of sp³-hybridized carbons (Fsp3) is 0.304. The number of nitrogens with zero attached hydrogens (tertiary/aromatic N) is 3. The van der Waals surface area contributed by atoms with Gasteiger partial charge in [-0.15, -0.1) is 0 Å². The lowest BCUT2D eigenvalue weighted by atomic mass is 10.1. The van der Waals surface area contributed by atoms with E-state index in [9.17, 15) is 4.79 Å². The second-order valence-electron chi connectivity index (χ2n) is 7.29. The van der Waals surface area contributed by atoms with Crippen LogP contribution in [0.2, 0.25) is 5.15 Å². The Morgan fingerprint density at radius 2 is 1.83 bits per heavy atom. The number of hydrogen-bond donors (Lipinski definition) is 0. The Morgan fingerprint density at radius 3 is 2.52 bits per heavy atom. The van der Waals surface area contributed by atoms with Gasteiger partial charge >= 0.3 is 0 Å². The molecule has 3 aromatic rings. The van der Waals surface area contributed by atoms with Gasteiger partial charge in [0.25, 0.3) is 5.91 Å². The van der Waals surface area contributed by atoms with E-state index < -0.39 is 0 Å². The number of likely N-dealkylation sites (N-methyl/N-ethyl adjacent to an activating group) is 1. The zero-order chi connectivity index (χ0) is 21.0. The molecular formula is C23H26ClN3O2. The van der Waals surface area contributed by atoms with Gasteiger partial charge < -0.3 is 9.64 Å².